The maximum atomic E-state index is 11.6. The predicted molar refractivity (Wildman–Crippen MR) is 68.5 cm³/mol. The molecule has 6 heteroatoms. The molecule has 5 nitrogen and oxygen atoms in total. The lowest BCUT2D eigenvalue weighted by Gasteiger charge is -2.09. The van der Waals surface area contributed by atoms with Crippen molar-refractivity contribution in [2.75, 3.05) is 14.2 Å². The van der Waals surface area contributed by atoms with Crippen LogP contribution in [0.1, 0.15) is 26.3 Å². The van der Waals surface area contributed by atoms with Crippen molar-refractivity contribution in [2.45, 2.75) is 6.92 Å². The third-order valence-electron chi connectivity index (χ3n) is 2.29. The van der Waals surface area contributed by atoms with Crippen molar-refractivity contribution in [1.29, 1.82) is 0 Å². The van der Waals surface area contributed by atoms with Gasteiger partial charge in [0.1, 0.15) is 0 Å². The van der Waals surface area contributed by atoms with E-state index in [1.165, 1.54) is 26.4 Å². The molecule has 0 fully saturated rings. The van der Waals surface area contributed by atoms with Gasteiger partial charge in [0.15, 0.2) is 0 Å². The number of methoxy groups -OCH3 is 2. The number of ether oxygens (including phenoxy) is 2. The SMILES string of the molecule is COC(=O)c1cc(C)c(C(=O)OC)c(N=C=S)c1. The summed E-state index contributed by atoms with van der Waals surface area (Å²) in [4.78, 5) is 26.8. The van der Waals surface area contributed by atoms with E-state index in [0.717, 1.165) is 0 Å². The Morgan fingerprint density at radius 1 is 1.22 bits per heavy atom. The monoisotopic (exact) mass is 265 g/mol. The minimum Gasteiger partial charge on any atom is -0.465 e. The molecule has 0 atom stereocenters. The van der Waals surface area contributed by atoms with Gasteiger partial charge in [-0.05, 0) is 36.8 Å². The Balaban J connectivity index is 3.49. The molecule has 0 radical (unpaired) electrons. The average molecular weight is 265 g/mol. The van der Waals surface area contributed by atoms with Crippen LogP contribution < -0.4 is 0 Å². The van der Waals surface area contributed by atoms with Gasteiger partial charge < -0.3 is 9.47 Å². The van der Waals surface area contributed by atoms with Crippen LogP contribution in [0, 0.1) is 6.92 Å². The minimum absolute atomic E-state index is 0.234. The summed E-state index contributed by atoms with van der Waals surface area (Å²) in [6, 6.07) is 2.94. The number of carbonyl (C=O) groups excluding carboxylic acids is 2. The molecule has 0 unspecified atom stereocenters. The van der Waals surface area contributed by atoms with Gasteiger partial charge >= 0.3 is 11.9 Å². The van der Waals surface area contributed by atoms with Crippen molar-refractivity contribution in [3.63, 3.8) is 0 Å². The Morgan fingerprint density at radius 3 is 2.33 bits per heavy atom. The first-order valence-electron chi connectivity index (χ1n) is 4.94. The first-order chi connectivity index (χ1) is 8.54. The second-order valence-electron chi connectivity index (χ2n) is 3.37. The molecule has 0 N–H and O–H groups in total. The number of aliphatic imine (C=N–C) groups is 1. The molecule has 1 aromatic rings. The van der Waals surface area contributed by atoms with Gasteiger partial charge in [-0.3, -0.25) is 0 Å². The van der Waals surface area contributed by atoms with Crippen LogP contribution in [-0.4, -0.2) is 31.3 Å². The first-order valence-corrected chi connectivity index (χ1v) is 5.35. The van der Waals surface area contributed by atoms with E-state index in [-0.39, 0.29) is 16.8 Å². The average Bonchev–Trinajstić information content (AvgIpc) is 2.37. The smallest absolute Gasteiger partial charge is 0.340 e. The van der Waals surface area contributed by atoms with Crippen LogP contribution in [0.15, 0.2) is 17.1 Å². The Morgan fingerprint density at radius 2 is 1.83 bits per heavy atom. The zero-order valence-corrected chi connectivity index (χ0v) is 11.0. The Kier molecular flexibility index (Phi) is 4.71. The Labute approximate surface area is 109 Å². The molecule has 18 heavy (non-hydrogen) atoms. The van der Waals surface area contributed by atoms with Gasteiger partial charge in [-0.1, -0.05) is 0 Å². The molecule has 0 saturated carbocycles. The van der Waals surface area contributed by atoms with Crippen LogP contribution in [0.2, 0.25) is 0 Å². The van der Waals surface area contributed by atoms with Gasteiger partial charge in [-0.2, -0.15) is 4.99 Å². The highest BCUT2D eigenvalue weighted by atomic mass is 32.1. The van der Waals surface area contributed by atoms with Crippen LogP contribution >= 0.6 is 12.2 Å². The van der Waals surface area contributed by atoms with E-state index in [9.17, 15) is 9.59 Å². The number of thiocarbonyl (C=S) groups is 1. The molecule has 0 heterocycles. The molecule has 0 amide bonds. The topological polar surface area (TPSA) is 65.0 Å². The summed E-state index contributed by atoms with van der Waals surface area (Å²) in [6.07, 6.45) is 0. The molecule has 0 aliphatic carbocycles. The number of hydrogen-bond acceptors (Lipinski definition) is 6. The van der Waals surface area contributed by atoms with E-state index < -0.39 is 11.9 Å². The molecule has 94 valence electrons. The summed E-state index contributed by atoms with van der Waals surface area (Å²) >= 11 is 4.51. The summed E-state index contributed by atoms with van der Waals surface area (Å²) in [5.74, 6) is -1.07. The van der Waals surface area contributed by atoms with E-state index in [1.54, 1.807) is 6.92 Å². The van der Waals surface area contributed by atoms with Gasteiger partial charge in [-0.15, -0.1) is 0 Å². The summed E-state index contributed by atoms with van der Waals surface area (Å²) in [7, 11) is 2.54. The number of hydrogen-bond donors (Lipinski definition) is 0. The number of aryl methyl sites for hydroxylation is 1. The lowest BCUT2D eigenvalue weighted by Crippen LogP contribution is -2.08. The van der Waals surface area contributed by atoms with E-state index >= 15 is 0 Å². The molecular formula is C12H11NO4S. The van der Waals surface area contributed by atoms with Gasteiger partial charge in [0.05, 0.1) is 36.2 Å². The number of carbonyl (C=O) groups is 2. The molecule has 0 aromatic heterocycles. The number of isothiocyanates is 1. The van der Waals surface area contributed by atoms with Crippen molar-refractivity contribution in [1.82, 2.24) is 0 Å². The van der Waals surface area contributed by atoms with Crippen LogP contribution in [0.5, 0.6) is 0 Å². The minimum atomic E-state index is -0.548. The molecule has 1 rings (SSSR count). The number of nitrogens with zero attached hydrogens (tertiary/aromatic N) is 1. The lowest BCUT2D eigenvalue weighted by atomic mass is 10.0. The summed E-state index contributed by atoms with van der Waals surface area (Å²) in [6.45, 7) is 1.67. The van der Waals surface area contributed by atoms with Crippen molar-refractivity contribution in [3.05, 3.63) is 28.8 Å². The highest BCUT2D eigenvalue weighted by molar-refractivity contribution is 7.78. The van der Waals surface area contributed by atoms with Gasteiger partial charge in [0, 0.05) is 0 Å². The molecule has 1 aromatic carbocycles. The maximum Gasteiger partial charge on any atom is 0.340 e. The second kappa shape index (κ2) is 6.05. The summed E-state index contributed by atoms with van der Waals surface area (Å²) < 4.78 is 9.26. The van der Waals surface area contributed by atoms with E-state index in [2.05, 4.69) is 31.8 Å². The van der Waals surface area contributed by atoms with Crippen LogP contribution in [-0.2, 0) is 9.47 Å². The van der Waals surface area contributed by atoms with Crippen LogP contribution in [0.25, 0.3) is 0 Å². The normalized spacial score (nSPS) is 9.28. The number of esters is 2. The Bertz CT molecular complexity index is 547. The third kappa shape index (κ3) is 2.80. The zero-order valence-electron chi connectivity index (χ0n) is 10.1. The fourth-order valence-electron chi connectivity index (χ4n) is 1.51. The van der Waals surface area contributed by atoms with Crippen molar-refractivity contribution in [2.24, 2.45) is 4.99 Å². The second-order valence-corrected chi connectivity index (χ2v) is 3.56. The van der Waals surface area contributed by atoms with Gasteiger partial charge in [0.2, 0.25) is 0 Å². The Hall–Kier alpha value is -2.04. The standard InChI is InChI=1S/C12H11NO4S/c1-7-4-8(11(14)16-2)5-9(13-6-18)10(7)12(15)17-3/h4-5H,1-3H3. The number of rotatable bonds is 3. The molecule has 0 saturated heterocycles. The highest BCUT2D eigenvalue weighted by Gasteiger charge is 2.18. The fraction of sp³-hybridized carbons (Fsp3) is 0.250. The maximum absolute atomic E-state index is 11.6. The summed E-state index contributed by atoms with van der Waals surface area (Å²) in [5.41, 5.74) is 1.32. The van der Waals surface area contributed by atoms with Crippen LogP contribution in [0.3, 0.4) is 0 Å². The van der Waals surface area contributed by atoms with Gasteiger partial charge in [0.25, 0.3) is 0 Å². The summed E-state index contributed by atoms with van der Waals surface area (Å²) in [5, 5.41) is 2.16. The van der Waals surface area contributed by atoms with E-state index in [1.807, 2.05) is 0 Å². The first kappa shape index (κ1) is 14.0. The van der Waals surface area contributed by atoms with E-state index in [4.69, 9.17) is 0 Å². The van der Waals surface area contributed by atoms with Gasteiger partial charge in [-0.25, -0.2) is 9.59 Å². The molecular weight excluding hydrogens is 254 g/mol. The van der Waals surface area contributed by atoms with E-state index in [0.29, 0.717) is 5.56 Å². The van der Waals surface area contributed by atoms with Crippen molar-refractivity contribution < 1.29 is 19.1 Å². The number of benzene rings is 1. The molecule has 0 aliphatic heterocycles. The lowest BCUT2D eigenvalue weighted by molar-refractivity contribution is 0.0586. The molecule has 0 aliphatic rings. The fourth-order valence-corrected chi connectivity index (χ4v) is 1.61. The quantitative estimate of drug-likeness (QED) is 0.476. The zero-order chi connectivity index (χ0) is 13.7. The van der Waals surface area contributed by atoms with Crippen molar-refractivity contribution >= 4 is 35.0 Å². The largest absolute Gasteiger partial charge is 0.465 e. The predicted octanol–water partition coefficient (Wildman–Crippen LogP) is 2.30. The third-order valence-corrected chi connectivity index (χ3v) is 2.38. The van der Waals surface area contributed by atoms with Crippen LogP contribution in [0.4, 0.5) is 5.69 Å². The van der Waals surface area contributed by atoms with Crippen molar-refractivity contribution in [3.8, 4) is 0 Å². The molecule has 0 spiro atoms. The highest BCUT2D eigenvalue weighted by Crippen LogP contribution is 2.26. The molecule has 0 bridgehead atoms.